The van der Waals surface area contributed by atoms with Crippen LogP contribution < -0.4 is 15.4 Å². The maximum Gasteiger partial charge on any atom is 0.250 e. The Kier molecular flexibility index (Phi) is 7.50. The molecule has 1 unspecified atom stereocenters. The van der Waals surface area contributed by atoms with Crippen molar-refractivity contribution in [1.82, 2.24) is 10.6 Å². The summed E-state index contributed by atoms with van der Waals surface area (Å²) in [7, 11) is 1.64. The summed E-state index contributed by atoms with van der Waals surface area (Å²) in [5, 5.41) is 6.20. The third kappa shape index (κ3) is 4.88. The standard InChI is InChI=1S/C15H22N2O3.ClH/c1-3-13(11-4-6-12(19-2)7-5-11)17-15(18)14-10-16-8-9-20-14;/h4-7,13-14,16H,3,8-10H2,1-2H3,(H,17,18);1H/t13?,14-;/m1./s1. The molecular formula is C15H23ClN2O3. The van der Waals surface area contributed by atoms with Gasteiger partial charge in [0.1, 0.15) is 11.9 Å². The molecule has 1 aliphatic rings. The van der Waals surface area contributed by atoms with Gasteiger partial charge >= 0.3 is 0 Å². The van der Waals surface area contributed by atoms with E-state index < -0.39 is 6.10 Å². The van der Waals surface area contributed by atoms with Crippen LogP contribution in [-0.4, -0.2) is 38.8 Å². The van der Waals surface area contributed by atoms with Crippen LogP contribution in [0.2, 0.25) is 0 Å². The van der Waals surface area contributed by atoms with Crippen molar-refractivity contribution in [3.63, 3.8) is 0 Å². The van der Waals surface area contributed by atoms with E-state index in [1.165, 1.54) is 0 Å². The fraction of sp³-hybridized carbons (Fsp3) is 0.533. The zero-order chi connectivity index (χ0) is 14.4. The molecule has 0 radical (unpaired) electrons. The molecule has 1 fully saturated rings. The van der Waals surface area contributed by atoms with Crippen LogP contribution in [0.3, 0.4) is 0 Å². The fourth-order valence-electron chi connectivity index (χ4n) is 2.26. The molecule has 0 aromatic heterocycles. The SMILES string of the molecule is CCC(NC(=O)[C@H]1CNCCO1)c1ccc(OC)cc1.Cl. The molecule has 1 aromatic carbocycles. The largest absolute Gasteiger partial charge is 0.497 e. The van der Waals surface area contributed by atoms with E-state index in [4.69, 9.17) is 9.47 Å². The number of amides is 1. The molecule has 6 heteroatoms. The van der Waals surface area contributed by atoms with Crippen molar-refractivity contribution in [3.8, 4) is 5.75 Å². The second kappa shape index (κ2) is 8.87. The van der Waals surface area contributed by atoms with E-state index in [9.17, 15) is 4.79 Å². The number of carbonyl (C=O) groups excluding carboxylic acids is 1. The molecule has 1 amide bonds. The van der Waals surface area contributed by atoms with E-state index >= 15 is 0 Å². The molecule has 2 N–H and O–H groups in total. The molecule has 0 saturated carbocycles. The number of morpholine rings is 1. The number of carbonyl (C=O) groups is 1. The van der Waals surface area contributed by atoms with E-state index in [0.717, 1.165) is 24.3 Å². The van der Waals surface area contributed by atoms with Gasteiger partial charge in [0.2, 0.25) is 0 Å². The molecular weight excluding hydrogens is 292 g/mol. The van der Waals surface area contributed by atoms with Crippen LogP contribution >= 0.6 is 12.4 Å². The van der Waals surface area contributed by atoms with Gasteiger partial charge < -0.3 is 20.1 Å². The van der Waals surface area contributed by atoms with Crippen molar-refractivity contribution in [2.45, 2.75) is 25.5 Å². The van der Waals surface area contributed by atoms with Gasteiger partial charge in [-0.25, -0.2) is 0 Å². The minimum atomic E-state index is -0.393. The molecule has 2 atom stereocenters. The quantitative estimate of drug-likeness (QED) is 0.868. The van der Waals surface area contributed by atoms with Gasteiger partial charge in [-0.15, -0.1) is 12.4 Å². The lowest BCUT2D eigenvalue weighted by molar-refractivity contribution is -0.135. The summed E-state index contributed by atoms with van der Waals surface area (Å²) in [6.07, 6.45) is 0.439. The summed E-state index contributed by atoms with van der Waals surface area (Å²) < 4.78 is 10.6. The zero-order valence-electron chi connectivity index (χ0n) is 12.4. The molecule has 21 heavy (non-hydrogen) atoms. The number of rotatable bonds is 5. The molecule has 0 spiro atoms. The molecule has 5 nitrogen and oxygen atoms in total. The lowest BCUT2D eigenvalue weighted by Crippen LogP contribution is -2.48. The zero-order valence-corrected chi connectivity index (χ0v) is 13.2. The van der Waals surface area contributed by atoms with E-state index in [0.29, 0.717) is 13.2 Å². The summed E-state index contributed by atoms with van der Waals surface area (Å²) in [4.78, 5) is 12.2. The maximum absolute atomic E-state index is 12.2. The van der Waals surface area contributed by atoms with E-state index in [1.54, 1.807) is 7.11 Å². The van der Waals surface area contributed by atoms with Crippen molar-refractivity contribution in [2.75, 3.05) is 26.8 Å². The Morgan fingerprint density at radius 2 is 2.19 bits per heavy atom. The third-order valence-electron chi connectivity index (χ3n) is 3.46. The number of hydrogen-bond donors (Lipinski definition) is 2. The molecule has 2 rings (SSSR count). The average molecular weight is 315 g/mol. The maximum atomic E-state index is 12.2. The smallest absolute Gasteiger partial charge is 0.250 e. The van der Waals surface area contributed by atoms with Gasteiger partial charge in [0, 0.05) is 13.1 Å². The predicted molar refractivity (Wildman–Crippen MR) is 84.0 cm³/mol. The molecule has 0 bridgehead atoms. The van der Waals surface area contributed by atoms with Crippen LogP contribution in [0.4, 0.5) is 0 Å². The highest BCUT2D eigenvalue weighted by molar-refractivity contribution is 5.85. The Morgan fingerprint density at radius 3 is 2.71 bits per heavy atom. The first-order valence-electron chi connectivity index (χ1n) is 7.01. The third-order valence-corrected chi connectivity index (χ3v) is 3.46. The summed E-state index contributed by atoms with van der Waals surface area (Å²) in [5.74, 6) is 0.759. The average Bonchev–Trinajstić information content (AvgIpc) is 2.53. The summed E-state index contributed by atoms with van der Waals surface area (Å²) >= 11 is 0. The van der Waals surface area contributed by atoms with Crippen LogP contribution in [0.15, 0.2) is 24.3 Å². The fourth-order valence-corrected chi connectivity index (χ4v) is 2.26. The van der Waals surface area contributed by atoms with Gasteiger partial charge in [-0.3, -0.25) is 4.79 Å². The van der Waals surface area contributed by atoms with Crippen LogP contribution in [0.1, 0.15) is 24.9 Å². The molecule has 1 saturated heterocycles. The number of halogens is 1. The Labute approximate surface area is 131 Å². The summed E-state index contributed by atoms with van der Waals surface area (Å²) in [5.41, 5.74) is 1.07. The van der Waals surface area contributed by atoms with E-state index in [2.05, 4.69) is 17.6 Å². The van der Waals surface area contributed by atoms with Crippen LogP contribution in [0.5, 0.6) is 5.75 Å². The second-order valence-corrected chi connectivity index (χ2v) is 4.81. The highest BCUT2D eigenvalue weighted by Crippen LogP contribution is 2.20. The predicted octanol–water partition coefficient (Wildman–Crippen LogP) is 1.67. The molecule has 0 aliphatic carbocycles. The first-order valence-corrected chi connectivity index (χ1v) is 7.01. The number of ether oxygens (including phenoxy) is 2. The molecule has 118 valence electrons. The lowest BCUT2D eigenvalue weighted by Gasteiger charge is -2.25. The normalized spacial score (nSPS) is 19.2. The highest BCUT2D eigenvalue weighted by atomic mass is 35.5. The summed E-state index contributed by atoms with van der Waals surface area (Å²) in [6, 6.07) is 7.77. The molecule has 1 aliphatic heterocycles. The minimum Gasteiger partial charge on any atom is -0.497 e. The Bertz CT molecular complexity index is 433. The van der Waals surface area contributed by atoms with Crippen molar-refractivity contribution in [1.29, 1.82) is 0 Å². The Balaban J connectivity index is 0.00000220. The second-order valence-electron chi connectivity index (χ2n) is 4.81. The highest BCUT2D eigenvalue weighted by Gasteiger charge is 2.24. The first-order chi connectivity index (χ1) is 9.74. The van der Waals surface area contributed by atoms with Crippen molar-refractivity contribution >= 4 is 18.3 Å². The van der Waals surface area contributed by atoms with Crippen LogP contribution in [0.25, 0.3) is 0 Å². The van der Waals surface area contributed by atoms with Gasteiger partial charge in [-0.05, 0) is 24.1 Å². The van der Waals surface area contributed by atoms with E-state index in [1.807, 2.05) is 24.3 Å². The van der Waals surface area contributed by atoms with Gasteiger partial charge in [-0.2, -0.15) is 0 Å². The van der Waals surface area contributed by atoms with Gasteiger partial charge in [0.25, 0.3) is 5.91 Å². The van der Waals surface area contributed by atoms with Gasteiger partial charge in [0.05, 0.1) is 19.8 Å². The number of hydrogen-bond acceptors (Lipinski definition) is 4. The molecule has 1 aromatic rings. The van der Waals surface area contributed by atoms with Crippen LogP contribution in [-0.2, 0) is 9.53 Å². The summed E-state index contributed by atoms with van der Waals surface area (Å²) in [6.45, 7) is 4.01. The lowest BCUT2D eigenvalue weighted by atomic mass is 10.0. The number of methoxy groups -OCH3 is 1. The minimum absolute atomic E-state index is 0. The van der Waals surface area contributed by atoms with Crippen molar-refractivity contribution < 1.29 is 14.3 Å². The van der Waals surface area contributed by atoms with Crippen molar-refractivity contribution in [3.05, 3.63) is 29.8 Å². The van der Waals surface area contributed by atoms with E-state index in [-0.39, 0.29) is 24.4 Å². The van der Waals surface area contributed by atoms with Gasteiger partial charge in [0.15, 0.2) is 0 Å². The first kappa shape index (κ1) is 17.8. The molecule has 1 heterocycles. The Morgan fingerprint density at radius 1 is 1.48 bits per heavy atom. The van der Waals surface area contributed by atoms with Gasteiger partial charge in [-0.1, -0.05) is 19.1 Å². The topological polar surface area (TPSA) is 59.6 Å². The monoisotopic (exact) mass is 314 g/mol. The van der Waals surface area contributed by atoms with Crippen LogP contribution in [0, 0.1) is 0 Å². The van der Waals surface area contributed by atoms with Crippen molar-refractivity contribution in [2.24, 2.45) is 0 Å². The number of benzene rings is 1. The Hall–Kier alpha value is -1.30. The number of nitrogens with one attached hydrogen (secondary N) is 2.